The Kier molecular flexibility index (Phi) is 4.43. The molecular formula is C16H21F3N2O. The molecule has 1 aromatic rings. The minimum Gasteiger partial charge on any atom is -0.377 e. The quantitative estimate of drug-likeness (QED) is 0.904. The van der Waals surface area contributed by atoms with Crippen molar-refractivity contribution in [3.05, 3.63) is 35.4 Å². The Morgan fingerprint density at radius 2 is 1.73 bits per heavy atom. The van der Waals surface area contributed by atoms with Crippen molar-refractivity contribution in [3.8, 4) is 0 Å². The summed E-state index contributed by atoms with van der Waals surface area (Å²) in [6.45, 7) is 5.11. The van der Waals surface area contributed by atoms with Gasteiger partial charge in [0.2, 0.25) is 0 Å². The van der Waals surface area contributed by atoms with E-state index in [0.29, 0.717) is 6.54 Å². The molecule has 122 valence electrons. The molecule has 3 rings (SSSR count). The van der Waals surface area contributed by atoms with Gasteiger partial charge in [0.1, 0.15) is 0 Å². The molecule has 2 aliphatic rings. The van der Waals surface area contributed by atoms with Crippen LogP contribution in [0.15, 0.2) is 24.3 Å². The van der Waals surface area contributed by atoms with Gasteiger partial charge in [-0.1, -0.05) is 12.1 Å². The summed E-state index contributed by atoms with van der Waals surface area (Å²) >= 11 is 0. The Labute approximate surface area is 128 Å². The highest BCUT2D eigenvalue weighted by molar-refractivity contribution is 5.24. The van der Waals surface area contributed by atoms with Crippen LogP contribution in [-0.4, -0.2) is 43.3 Å². The summed E-state index contributed by atoms with van der Waals surface area (Å²) in [6, 6.07) is 5.35. The molecule has 2 fully saturated rings. The zero-order valence-electron chi connectivity index (χ0n) is 12.5. The zero-order valence-corrected chi connectivity index (χ0v) is 12.5. The third-order valence-electron chi connectivity index (χ3n) is 4.58. The van der Waals surface area contributed by atoms with Crippen LogP contribution in [0.5, 0.6) is 0 Å². The maximum Gasteiger partial charge on any atom is 0.416 e. The van der Waals surface area contributed by atoms with E-state index in [1.54, 1.807) is 0 Å². The second kappa shape index (κ2) is 6.18. The number of nitrogens with one attached hydrogen (secondary N) is 1. The Bertz CT molecular complexity index is 491. The largest absolute Gasteiger partial charge is 0.416 e. The van der Waals surface area contributed by atoms with Crippen LogP contribution in [0, 0.1) is 0 Å². The summed E-state index contributed by atoms with van der Waals surface area (Å²) in [5.74, 6) is 0. The molecule has 0 aromatic heterocycles. The van der Waals surface area contributed by atoms with Crippen LogP contribution < -0.4 is 5.32 Å². The molecule has 0 spiro atoms. The fourth-order valence-corrected chi connectivity index (χ4v) is 3.18. The Morgan fingerprint density at radius 1 is 1.09 bits per heavy atom. The first-order valence-corrected chi connectivity index (χ1v) is 7.69. The minimum absolute atomic E-state index is 0.0857. The number of halogens is 3. The van der Waals surface area contributed by atoms with E-state index in [0.717, 1.165) is 50.5 Å². The van der Waals surface area contributed by atoms with Crippen LogP contribution in [0.2, 0.25) is 0 Å². The highest BCUT2D eigenvalue weighted by atomic mass is 19.4. The molecule has 2 aliphatic heterocycles. The molecule has 3 nitrogen and oxygen atoms in total. The van der Waals surface area contributed by atoms with Crippen LogP contribution in [0.3, 0.4) is 0 Å². The summed E-state index contributed by atoms with van der Waals surface area (Å²) in [5.41, 5.74) is 0.351. The molecule has 2 heterocycles. The Balaban J connectivity index is 1.52. The van der Waals surface area contributed by atoms with Crippen molar-refractivity contribution < 1.29 is 17.9 Å². The summed E-state index contributed by atoms with van der Waals surface area (Å²) in [5, 5.41) is 3.38. The number of nitrogens with zero attached hydrogens (tertiary/aromatic N) is 1. The molecule has 0 radical (unpaired) electrons. The van der Waals surface area contributed by atoms with Crippen LogP contribution in [0.1, 0.15) is 24.0 Å². The van der Waals surface area contributed by atoms with Crippen molar-refractivity contribution >= 4 is 0 Å². The van der Waals surface area contributed by atoms with E-state index >= 15 is 0 Å². The molecule has 1 N–H and O–H groups in total. The van der Waals surface area contributed by atoms with Crippen LogP contribution in [0.4, 0.5) is 13.2 Å². The number of hydrogen-bond donors (Lipinski definition) is 1. The predicted molar refractivity (Wildman–Crippen MR) is 77.5 cm³/mol. The summed E-state index contributed by atoms with van der Waals surface area (Å²) in [6.07, 6.45) is -1.80. The monoisotopic (exact) mass is 314 g/mol. The first kappa shape index (κ1) is 15.8. The highest BCUT2D eigenvalue weighted by Crippen LogP contribution is 2.30. The van der Waals surface area contributed by atoms with Crippen molar-refractivity contribution in [1.29, 1.82) is 0 Å². The number of hydrogen-bond acceptors (Lipinski definition) is 3. The Hall–Kier alpha value is -1.11. The fraction of sp³-hybridized carbons (Fsp3) is 0.625. The molecule has 2 saturated heterocycles. The lowest BCUT2D eigenvalue weighted by atomic mass is 9.95. The molecule has 0 unspecified atom stereocenters. The molecule has 0 aliphatic carbocycles. The van der Waals surface area contributed by atoms with Gasteiger partial charge in [-0.2, -0.15) is 13.2 Å². The van der Waals surface area contributed by atoms with E-state index in [-0.39, 0.29) is 5.54 Å². The lowest BCUT2D eigenvalue weighted by Crippen LogP contribution is -2.66. The lowest BCUT2D eigenvalue weighted by Gasteiger charge is -2.48. The van der Waals surface area contributed by atoms with Gasteiger partial charge in [-0.25, -0.2) is 0 Å². The first-order chi connectivity index (χ1) is 10.5. The molecule has 1 aromatic carbocycles. The van der Waals surface area contributed by atoms with Crippen LogP contribution in [0.25, 0.3) is 0 Å². The van der Waals surface area contributed by atoms with Gasteiger partial charge in [-0.05, 0) is 43.6 Å². The van der Waals surface area contributed by atoms with E-state index in [1.165, 1.54) is 25.0 Å². The number of alkyl halides is 3. The van der Waals surface area contributed by atoms with Gasteiger partial charge in [0.25, 0.3) is 0 Å². The maximum absolute atomic E-state index is 12.5. The van der Waals surface area contributed by atoms with Crippen LogP contribution in [-0.2, 0) is 17.5 Å². The normalized spacial score (nSPS) is 21.8. The third-order valence-corrected chi connectivity index (χ3v) is 4.58. The van der Waals surface area contributed by atoms with Gasteiger partial charge in [-0.15, -0.1) is 0 Å². The number of likely N-dealkylation sites (tertiary alicyclic amines) is 1. The standard InChI is InChI=1S/C16H21F3N2O/c17-16(18,19)14-5-3-13(4-6-14)9-20-10-15(11-22-12-15)21-7-1-2-8-21/h3-6,20H,1-2,7-12H2. The average Bonchev–Trinajstić information content (AvgIpc) is 2.95. The zero-order chi connectivity index (χ0) is 15.6. The third kappa shape index (κ3) is 3.29. The number of rotatable bonds is 5. The van der Waals surface area contributed by atoms with Gasteiger partial charge in [0.05, 0.1) is 24.3 Å². The molecule has 22 heavy (non-hydrogen) atoms. The SMILES string of the molecule is FC(F)(F)c1ccc(CNCC2(N3CCCC3)COC2)cc1. The van der Waals surface area contributed by atoms with E-state index in [4.69, 9.17) is 4.74 Å². The maximum atomic E-state index is 12.5. The van der Waals surface area contributed by atoms with Crippen molar-refractivity contribution in [1.82, 2.24) is 10.2 Å². The molecule has 0 saturated carbocycles. The predicted octanol–water partition coefficient (Wildman–Crippen LogP) is 2.66. The van der Waals surface area contributed by atoms with Gasteiger partial charge in [-0.3, -0.25) is 4.90 Å². The molecule has 0 amide bonds. The number of ether oxygens (including phenoxy) is 1. The molecule has 0 bridgehead atoms. The second-order valence-electron chi connectivity index (χ2n) is 6.21. The minimum atomic E-state index is -4.27. The van der Waals surface area contributed by atoms with E-state index in [1.807, 2.05) is 0 Å². The van der Waals surface area contributed by atoms with E-state index in [9.17, 15) is 13.2 Å². The van der Waals surface area contributed by atoms with E-state index < -0.39 is 11.7 Å². The summed E-state index contributed by atoms with van der Waals surface area (Å²) < 4.78 is 43.0. The van der Waals surface area contributed by atoms with Crippen molar-refractivity contribution in [3.63, 3.8) is 0 Å². The lowest BCUT2D eigenvalue weighted by molar-refractivity contribution is -0.137. The van der Waals surface area contributed by atoms with Gasteiger partial charge < -0.3 is 10.1 Å². The first-order valence-electron chi connectivity index (χ1n) is 7.69. The molecular weight excluding hydrogens is 293 g/mol. The Morgan fingerprint density at radius 3 is 2.23 bits per heavy atom. The number of benzene rings is 1. The molecule has 6 heteroatoms. The van der Waals surface area contributed by atoms with Crippen molar-refractivity contribution in [2.24, 2.45) is 0 Å². The summed E-state index contributed by atoms with van der Waals surface area (Å²) in [4.78, 5) is 2.48. The van der Waals surface area contributed by atoms with Crippen molar-refractivity contribution in [2.45, 2.75) is 31.1 Å². The van der Waals surface area contributed by atoms with Gasteiger partial charge in [0, 0.05) is 13.1 Å². The average molecular weight is 314 g/mol. The topological polar surface area (TPSA) is 24.5 Å². The highest BCUT2D eigenvalue weighted by Gasteiger charge is 2.44. The summed E-state index contributed by atoms with van der Waals surface area (Å²) in [7, 11) is 0. The van der Waals surface area contributed by atoms with E-state index in [2.05, 4.69) is 10.2 Å². The van der Waals surface area contributed by atoms with Gasteiger partial charge in [0.15, 0.2) is 0 Å². The van der Waals surface area contributed by atoms with Crippen LogP contribution >= 0.6 is 0 Å². The smallest absolute Gasteiger partial charge is 0.377 e. The van der Waals surface area contributed by atoms with Gasteiger partial charge >= 0.3 is 6.18 Å². The van der Waals surface area contributed by atoms with Crippen molar-refractivity contribution in [2.75, 3.05) is 32.8 Å². The molecule has 0 atom stereocenters. The fourth-order valence-electron chi connectivity index (χ4n) is 3.18. The second-order valence-corrected chi connectivity index (χ2v) is 6.21.